The van der Waals surface area contributed by atoms with Crippen LogP contribution in [0.2, 0.25) is 0 Å². The smallest absolute Gasteiger partial charge is 0.300 e. The zero-order chi connectivity index (χ0) is 23.9. The Labute approximate surface area is 204 Å². The maximum absolute atomic E-state index is 14.4. The predicted molar refractivity (Wildman–Crippen MR) is 104 cm³/mol. The second-order valence-electron chi connectivity index (χ2n) is 7.51. The van der Waals surface area contributed by atoms with Crippen molar-refractivity contribution in [2.45, 2.75) is 19.3 Å². The average molecular weight is 653 g/mol. The van der Waals surface area contributed by atoms with Gasteiger partial charge in [-0.1, -0.05) is 23.3 Å². The minimum absolute atomic E-state index is 0. The van der Waals surface area contributed by atoms with Crippen LogP contribution in [-0.2, 0) is 26.5 Å². The zero-order valence-corrected chi connectivity index (χ0v) is 19.6. The summed E-state index contributed by atoms with van der Waals surface area (Å²) < 4.78 is 83.3. The Hall–Kier alpha value is -3.13. The molecule has 0 atom stereocenters. The first-order valence-corrected chi connectivity index (χ1v) is 9.39. The van der Waals surface area contributed by atoms with E-state index in [1.54, 1.807) is 0 Å². The van der Waals surface area contributed by atoms with Gasteiger partial charge < -0.3 is 0 Å². The molecule has 0 bridgehead atoms. The fourth-order valence-electron chi connectivity index (χ4n) is 3.13. The standard InChI is InChI=1S/C23H12F6N4.Pt/c1-23(2,17-9-11(24)7-15(30-17)13-3-5-19(26)32-21(13)28)18-10-12(25)8-16(31-18)14-4-6-20(27)33-22(14)29;/h5-10H,1-2H3;/q-2;+2. The van der Waals surface area contributed by atoms with Crippen LogP contribution in [-0.4, -0.2) is 19.9 Å². The van der Waals surface area contributed by atoms with E-state index in [1.165, 1.54) is 13.8 Å². The van der Waals surface area contributed by atoms with Gasteiger partial charge in [0.1, 0.15) is 35.4 Å². The molecular formula is C23H12F6N4Pt. The van der Waals surface area contributed by atoms with E-state index in [0.717, 1.165) is 36.4 Å². The third-order valence-electron chi connectivity index (χ3n) is 4.87. The van der Waals surface area contributed by atoms with E-state index >= 15 is 0 Å². The SMILES string of the molecule is CC(C)(c1cc(F)cc(-c2[c-]cc(F)nc2F)n1)c1cc(F)cc(-c2[c-]cc(F)nc2F)n1.[Pt+2]. The second kappa shape index (κ2) is 9.62. The number of nitrogens with zero attached hydrogens (tertiary/aromatic N) is 4. The van der Waals surface area contributed by atoms with E-state index in [1.807, 2.05) is 0 Å². The molecule has 4 aromatic rings. The molecule has 0 aromatic carbocycles. The van der Waals surface area contributed by atoms with Gasteiger partial charge in [-0.05, 0) is 49.5 Å². The predicted octanol–water partition coefficient (Wildman–Crippen LogP) is 5.36. The van der Waals surface area contributed by atoms with Crippen LogP contribution >= 0.6 is 0 Å². The van der Waals surface area contributed by atoms with Crippen molar-refractivity contribution in [2.75, 3.05) is 0 Å². The largest absolute Gasteiger partial charge is 2.00 e. The summed E-state index contributed by atoms with van der Waals surface area (Å²) >= 11 is 0. The van der Waals surface area contributed by atoms with Gasteiger partial charge >= 0.3 is 21.1 Å². The topological polar surface area (TPSA) is 51.6 Å². The summed E-state index contributed by atoms with van der Waals surface area (Å²) in [6.45, 7) is 3.08. The molecular weight excluding hydrogens is 641 g/mol. The molecule has 0 amide bonds. The van der Waals surface area contributed by atoms with Crippen molar-refractivity contribution in [3.05, 3.63) is 95.3 Å². The number of pyridine rings is 4. The van der Waals surface area contributed by atoms with Crippen LogP contribution in [0.15, 0.2) is 36.4 Å². The van der Waals surface area contributed by atoms with Gasteiger partial charge in [-0.3, -0.25) is 19.9 Å². The van der Waals surface area contributed by atoms with Gasteiger partial charge in [0.25, 0.3) is 0 Å². The van der Waals surface area contributed by atoms with Crippen molar-refractivity contribution in [1.29, 1.82) is 0 Å². The minimum Gasteiger partial charge on any atom is -0.300 e. The molecule has 34 heavy (non-hydrogen) atoms. The molecule has 0 unspecified atom stereocenters. The molecule has 4 nitrogen and oxygen atoms in total. The molecule has 11 heteroatoms. The Bertz CT molecular complexity index is 1280. The second-order valence-corrected chi connectivity index (χ2v) is 7.51. The number of hydrogen-bond donors (Lipinski definition) is 0. The van der Waals surface area contributed by atoms with E-state index in [-0.39, 0.29) is 55.0 Å². The number of halogens is 6. The average Bonchev–Trinajstić information content (AvgIpc) is 2.72. The molecule has 0 spiro atoms. The Morgan fingerprint density at radius 2 is 1.00 bits per heavy atom. The van der Waals surface area contributed by atoms with Crippen molar-refractivity contribution in [1.82, 2.24) is 19.9 Å². The number of aromatic nitrogens is 4. The van der Waals surface area contributed by atoms with Crippen molar-refractivity contribution in [2.24, 2.45) is 0 Å². The third-order valence-corrected chi connectivity index (χ3v) is 4.87. The van der Waals surface area contributed by atoms with Crippen molar-refractivity contribution < 1.29 is 47.4 Å². The zero-order valence-electron chi connectivity index (χ0n) is 17.3. The normalized spacial score (nSPS) is 11.3. The van der Waals surface area contributed by atoms with E-state index in [2.05, 4.69) is 32.1 Å². The van der Waals surface area contributed by atoms with Gasteiger partial charge in [0.2, 0.25) is 0 Å². The number of hydrogen-bond acceptors (Lipinski definition) is 4. The summed E-state index contributed by atoms with van der Waals surface area (Å²) in [6, 6.07) is 10.1. The van der Waals surface area contributed by atoms with Crippen LogP contribution in [0.4, 0.5) is 26.3 Å². The van der Waals surface area contributed by atoms with Crippen molar-refractivity contribution in [3.8, 4) is 22.5 Å². The summed E-state index contributed by atoms with van der Waals surface area (Å²) in [6.07, 6.45) is 0. The number of rotatable bonds is 4. The van der Waals surface area contributed by atoms with Gasteiger partial charge in [-0.25, -0.2) is 26.3 Å². The summed E-state index contributed by atoms with van der Waals surface area (Å²) in [5.74, 6) is -6.30. The summed E-state index contributed by atoms with van der Waals surface area (Å²) in [4.78, 5) is 14.5. The summed E-state index contributed by atoms with van der Waals surface area (Å²) in [7, 11) is 0. The first kappa shape index (κ1) is 25.5. The van der Waals surface area contributed by atoms with Crippen LogP contribution in [0.25, 0.3) is 22.5 Å². The Morgan fingerprint density at radius 1 is 0.618 bits per heavy atom. The van der Waals surface area contributed by atoms with Crippen LogP contribution < -0.4 is 0 Å². The fourth-order valence-corrected chi connectivity index (χ4v) is 3.13. The van der Waals surface area contributed by atoms with Gasteiger partial charge in [0.15, 0.2) is 0 Å². The molecule has 0 radical (unpaired) electrons. The first-order valence-electron chi connectivity index (χ1n) is 9.39. The van der Waals surface area contributed by atoms with E-state index in [0.29, 0.717) is 0 Å². The molecule has 0 saturated heterocycles. The van der Waals surface area contributed by atoms with Crippen LogP contribution in [0.3, 0.4) is 0 Å². The third kappa shape index (κ3) is 5.01. The van der Waals surface area contributed by atoms with Crippen LogP contribution in [0.5, 0.6) is 0 Å². The minimum atomic E-state index is -1.28. The molecule has 0 N–H and O–H groups in total. The molecule has 0 aliphatic carbocycles. The van der Waals surface area contributed by atoms with E-state index < -0.39 is 40.8 Å². The molecule has 0 aliphatic rings. The summed E-state index contributed by atoms with van der Waals surface area (Å²) in [5.41, 5.74) is -2.42. The Balaban J connectivity index is 0.00000324. The van der Waals surface area contributed by atoms with Crippen molar-refractivity contribution >= 4 is 0 Å². The maximum Gasteiger partial charge on any atom is 2.00 e. The molecule has 4 aromatic heterocycles. The van der Waals surface area contributed by atoms with Crippen molar-refractivity contribution in [3.63, 3.8) is 0 Å². The Morgan fingerprint density at radius 3 is 1.35 bits per heavy atom. The van der Waals surface area contributed by atoms with Gasteiger partial charge in [-0.15, -0.1) is 12.1 Å². The van der Waals surface area contributed by atoms with Gasteiger partial charge in [-0.2, -0.15) is 0 Å². The molecule has 0 aliphatic heterocycles. The van der Waals surface area contributed by atoms with Crippen LogP contribution in [0, 0.1) is 47.6 Å². The van der Waals surface area contributed by atoms with Gasteiger partial charge in [0.05, 0.1) is 0 Å². The van der Waals surface area contributed by atoms with Crippen LogP contribution in [0.1, 0.15) is 25.2 Å². The Kier molecular flexibility index (Phi) is 7.21. The first-order chi connectivity index (χ1) is 15.5. The summed E-state index contributed by atoms with van der Waals surface area (Å²) in [5, 5.41) is 0. The fraction of sp³-hybridized carbons (Fsp3) is 0.130. The molecule has 0 fully saturated rings. The van der Waals surface area contributed by atoms with Gasteiger partial charge in [0, 0.05) is 16.8 Å². The molecule has 4 heterocycles. The quantitative estimate of drug-likeness (QED) is 0.169. The molecule has 4 rings (SSSR count). The maximum atomic E-state index is 14.4. The van der Waals surface area contributed by atoms with E-state index in [9.17, 15) is 26.3 Å². The monoisotopic (exact) mass is 653 g/mol. The van der Waals surface area contributed by atoms with E-state index in [4.69, 9.17) is 0 Å². The molecule has 0 saturated carbocycles. The molecule has 176 valence electrons.